The molecule has 0 bridgehead atoms. The van der Waals surface area contributed by atoms with Crippen molar-refractivity contribution in [2.24, 2.45) is 5.92 Å². The summed E-state index contributed by atoms with van der Waals surface area (Å²) in [5.41, 5.74) is 8.92. The quantitative estimate of drug-likeness (QED) is 0.0622. The van der Waals surface area contributed by atoms with Gasteiger partial charge in [0.25, 0.3) is 17.7 Å². The molecule has 4 N–H and O–H groups in total. The number of hydrogen-bond donors (Lipinski definition) is 4. The number of nitrogens with zero attached hydrogens (tertiary/aromatic N) is 6. The molecule has 3 amide bonds. The van der Waals surface area contributed by atoms with Crippen LogP contribution in [0.5, 0.6) is 0 Å². The smallest absolute Gasteiger partial charge is 0.255 e. The Hall–Kier alpha value is -5.76. The molecule has 0 radical (unpaired) electrons. The standard InChI is InChI=1S/C22H20BrCl2N3O.C21H18BrCl2N3O.C20H18BrCl2N3O2/c1-3-4-8-21(15-6-5-7-16(23)11-15)27-22(29)18-13-26-28(14(18)2)17-9-10-19(24)20(25)12-17;1-12-17(11-25-27(12)16-7-8-18(23)19(24)10-16)21(28)26-20(13-5-6-13)14-3-2-4-15(22)9-14;1-12-16(11-24-26(12)15-5-6-17(22)18(23)10-15)20(28)25-19(7-8-27)13-3-2-4-14(21)9-13/h3,5-7,9-13,21H,1,4,8H2,2H3,(H,27,29);2-4,7-11,13,20H,5-6H2,1H3,(H,26,28);2-6,9-11,19,27H,7-8H2,1H3,(H,25,28)/t21-;20-;19-/m000/s1. The predicted octanol–water partition coefficient (Wildman–Crippen LogP) is 17.9. The highest BCUT2D eigenvalue weighted by Gasteiger charge is 2.34. The van der Waals surface area contributed by atoms with E-state index in [1.807, 2.05) is 99.6 Å². The van der Waals surface area contributed by atoms with Crippen LogP contribution in [0.15, 0.2) is 172 Å². The number of amides is 3. The van der Waals surface area contributed by atoms with E-state index in [-0.39, 0.29) is 42.5 Å². The van der Waals surface area contributed by atoms with Crippen molar-refractivity contribution in [3.63, 3.8) is 0 Å². The van der Waals surface area contributed by atoms with Gasteiger partial charge in [-0.15, -0.1) is 6.58 Å². The molecule has 3 aromatic heterocycles. The maximum absolute atomic E-state index is 13.0. The SMILES string of the molecule is C=CCC[C@H](NC(=O)c1cnn(-c2ccc(Cl)c(Cl)c2)c1C)c1cccc(Br)c1.Cc1c(C(=O)N[C@@H](CCO)c2cccc(Br)c2)cnn1-c1ccc(Cl)c(Cl)c1.Cc1c(C(=O)N[C@H](c2cccc(Br)c2)C2CC2)cnn1-c1ccc(Cl)c(Cl)c1. The number of aromatic nitrogens is 6. The third-order valence-electron chi connectivity index (χ3n) is 14.0. The lowest BCUT2D eigenvalue weighted by Crippen LogP contribution is -2.30. The number of carbonyl (C=O) groups excluding carboxylic acids is 3. The summed E-state index contributed by atoms with van der Waals surface area (Å²) in [6.07, 6.45) is 10.7. The van der Waals surface area contributed by atoms with Gasteiger partial charge in [-0.1, -0.05) is 160 Å². The number of halogens is 9. The first-order valence-corrected chi connectivity index (χ1v) is 31.3. The van der Waals surface area contributed by atoms with Crippen molar-refractivity contribution in [2.75, 3.05) is 6.61 Å². The van der Waals surface area contributed by atoms with E-state index in [1.54, 1.807) is 68.9 Å². The van der Waals surface area contributed by atoms with E-state index in [0.29, 0.717) is 70.5 Å². The number of carbonyl (C=O) groups is 3. The molecule has 0 aliphatic heterocycles. The van der Waals surface area contributed by atoms with Crippen LogP contribution < -0.4 is 16.0 Å². The van der Waals surface area contributed by atoms with Gasteiger partial charge in [0.1, 0.15) is 0 Å². The van der Waals surface area contributed by atoms with Gasteiger partial charge in [-0.25, -0.2) is 14.0 Å². The molecule has 0 spiro atoms. The molecule has 1 saturated carbocycles. The first kappa shape index (κ1) is 65.2. The van der Waals surface area contributed by atoms with Crippen molar-refractivity contribution < 1.29 is 19.5 Å². The second-order valence-electron chi connectivity index (χ2n) is 19.8. The third kappa shape index (κ3) is 16.9. The Balaban J connectivity index is 0.000000166. The summed E-state index contributed by atoms with van der Waals surface area (Å²) < 4.78 is 7.89. The van der Waals surface area contributed by atoms with Crippen LogP contribution in [0.4, 0.5) is 0 Å². The van der Waals surface area contributed by atoms with Gasteiger partial charge in [0.2, 0.25) is 0 Å². The molecule has 0 saturated heterocycles. The molecule has 0 unspecified atom stereocenters. The summed E-state index contributed by atoms with van der Waals surface area (Å²) in [6, 6.07) is 38.9. The monoisotopic (exact) mass is 1450 g/mol. The van der Waals surface area contributed by atoms with Crippen LogP contribution in [0.25, 0.3) is 17.1 Å². The highest BCUT2D eigenvalue weighted by Crippen LogP contribution is 2.42. The van der Waals surface area contributed by atoms with E-state index >= 15 is 0 Å². The Morgan fingerprint density at radius 2 is 0.882 bits per heavy atom. The fourth-order valence-electron chi connectivity index (χ4n) is 9.33. The molecule has 6 aromatic carbocycles. The van der Waals surface area contributed by atoms with Gasteiger partial charge in [-0.2, -0.15) is 15.3 Å². The lowest BCUT2D eigenvalue weighted by atomic mass is 10.0. The van der Waals surface area contributed by atoms with Crippen LogP contribution in [0.2, 0.25) is 30.1 Å². The molecule has 3 heterocycles. The van der Waals surface area contributed by atoms with Crippen LogP contribution in [0.1, 0.15) is 115 Å². The molecule has 22 heteroatoms. The minimum absolute atomic E-state index is 0.00211. The van der Waals surface area contributed by atoms with E-state index in [2.05, 4.69) is 97.7 Å². The van der Waals surface area contributed by atoms with Crippen LogP contribution in [-0.2, 0) is 0 Å². The molecular weight excluding hydrogens is 1400 g/mol. The number of nitrogens with one attached hydrogen (secondary N) is 3. The van der Waals surface area contributed by atoms with Crippen molar-refractivity contribution in [1.29, 1.82) is 0 Å². The van der Waals surface area contributed by atoms with Gasteiger partial charge >= 0.3 is 0 Å². The van der Waals surface area contributed by atoms with E-state index < -0.39 is 0 Å². The largest absolute Gasteiger partial charge is 0.396 e. The fraction of sp³-hybridized carbons (Fsp3) is 0.206. The summed E-state index contributed by atoms with van der Waals surface area (Å²) in [7, 11) is 0. The zero-order valence-electron chi connectivity index (χ0n) is 45.9. The van der Waals surface area contributed by atoms with Gasteiger partial charge in [-0.05, 0) is 166 Å². The molecule has 13 nitrogen and oxygen atoms in total. The highest BCUT2D eigenvalue weighted by atomic mass is 79.9. The van der Waals surface area contributed by atoms with Crippen LogP contribution in [0.3, 0.4) is 0 Å². The maximum Gasteiger partial charge on any atom is 0.255 e. The molecule has 85 heavy (non-hydrogen) atoms. The Morgan fingerprint density at radius 3 is 1.22 bits per heavy atom. The van der Waals surface area contributed by atoms with Crippen molar-refractivity contribution in [1.82, 2.24) is 45.3 Å². The first-order valence-electron chi connectivity index (χ1n) is 26.7. The van der Waals surface area contributed by atoms with E-state index in [0.717, 1.165) is 78.6 Å². The summed E-state index contributed by atoms with van der Waals surface area (Å²) in [6.45, 7) is 9.28. The number of aliphatic hydroxyl groups excluding tert-OH is 1. The highest BCUT2D eigenvalue weighted by molar-refractivity contribution is 9.11. The van der Waals surface area contributed by atoms with E-state index in [4.69, 9.17) is 69.6 Å². The molecule has 3 atom stereocenters. The molecule has 1 fully saturated rings. The normalized spacial score (nSPS) is 12.9. The van der Waals surface area contributed by atoms with Crippen molar-refractivity contribution in [3.05, 3.63) is 253 Å². The summed E-state index contributed by atoms with van der Waals surface area (Å²) in [4.78, 5) is 38.9. The average Bonchev–Trinajstić information content (AvgIpc) is 4.21. The zero-order chi connectivity index (χ0) is 61.1. The van der Waals surface area contributed by atoms with Crippen molar-refractivity contribution in [3.8, 4) is 17.1 Å². The van der Waals surface area contributed by atoms with Gasteiger partial charge < -0.3 is 21.1 Å². The second kappa shape index (κ2) is 30.2. The lowest BCUT2D eigenvalue weighted by Gasteiger charge is -2.19. The summed E-state index contributed by atoms with van der Waals surface area (Å²) >= 11 is 46.7. The average molecular weight is 1460 g/mol. The summed E-state index contributed by atoms with van der Waals surface area (Å²) in [5.74, 6) is -0.0885. The van der Waals surface area contributed by atoms with Crippen molar-refractivity contribution in [2.45, 2.75) is 71.0 Å². The summed E-state index contributed by atoms with van der Waals surface area (Å²) in [5, 5.41) is 34.5. The van der Waals surface area contributed by atoms with Gasteiger partial charge in [0.15, 0.2) is 0 Å². The van der Waals surface area contributed by atoms with Crippen LogP contribution in [-0.4, -0.2) is 58.8 Å². The van der Waals surface area contributed by atoms with Gasteiger partial charge in [-0.3, -0.25) is 14.4 Å². The van der Waals surface area contributed by atoms with E-state index in [1.165, 1.54) is 6.20 Å². The topological polar surface area (TPSA) is 161 Å². The number of allylic oxidation sites excluding steroid dienone is 1. The van der Waals surface area contributed by atoms with E-state index in [9.17, 15) is 19.5 Å². The Kier molecular flexibility index (Phi) is 23.2. The molecule has 10 rings (SSSR count). The number of benzene rings is 6. The number of rotatable bonds is 18. The molecule has 440 valence electrons. The fourth-order valence-corrected chi connectivity index (χ4v) is 11.5. The first-order chi connectivity index (χ1) is 40.7. The Labute approximate surface area is 548 Å². The maximum atomic E-state index is 13.0. The minimum atomic E-state index is -0.317. The predicted molar refractivity (Wildman–Crippen MR) is 352 cm³/mol. The molecule has 1 aliphatic carbocycles. The van der Waals surface area contributed by atoms with Crippen LogP contribution >= 0.6 is 117 Å². The Morgan fingerprint density at radius 1 is 0.529 bits per heavy atom. The van der Waals surface area contributed by atoms with Crippen LogP contribution in [0, 0.1) is 26.7 Å². The number of hydrogen-bond acceptors (Lipinski definition) is 7. The molecule has 1 aliphatic rings. The molecule has 9 aromatic rings. The van der Waals surface area contributed by atoms with Gasteiger partial charge in [0.05, 0.1) is 118 Å². The minimum Gasteiger partial charge on any atom is -0.396 e. The lowest BCUT2D eigenvalue weighted by molar-refractivity contribution is 0.0921. The zero-order valence-corrected chi connectivity index (χ0v) is 55.2. The van der Waals surface area contributed by atoms with Crippen molar-refractivity contribution >= 4 is 135 Å². The Bertz CT molecular complexity index is 3890. The molecular formula is C63H56Br3Cl6N9O4. The third-order valence-corrected chi connectivity index (χ3v) is 17.7. The van der Waals surface area contributed by atoms with Gasteiger partial charge in [0, 0.05) is 20.0 Å². The number of aliphatic hydroxyl groups is 1. The second-order valence-corrected chi connectivity index (χ2v) is 25.0.